The van der Waals surface area contributed by atoms with Crippen LogP contribution in [0.3, 0.4) is 0 Å². The lowest BCUT2D eigenvalue weighted by Crippen LogP contribution is -2.41. The van der Waals surface area contributed by atoms with Gasteiger partial charge in [0.15, 0.2) is 0 Å². The van der Waals surface area contributed by atoms with Gasteiger partial charge < -0.3 is 9.31 Å². The summed E-state index contributed by atoms with van der Waals surface area (Å²) in [4.78, 5) is 0. The lowest BCUT2D eigenvalue weighted by molar-refractivity contribution is 0.00578. The van der Waals surface area contributed by atoms with Gasteiger partial charge in [0.2, 0.25) is 0 Å². The third-order valence-electron chi connectivity index (χ3n) is 3.30. The highest BCUT2D eigenvalue weighted by Gasteiger charge is 2.52. The zero-order valence-corrected chi connectivity index (χ0v) is 10.2. The third kappa shape index (κ3) is 1.89. The highest BCUT2D eigenvalue weighted by Crippen LogP contribution is 2.39. The Kier molecular flexibility index (Phi) is 2.85. The van der Waals surface area contributed by atoms with Crippen molar-refractivity contribution in [2.75, 3.05) is 0 Å². The molecule has 3 heteroatoms. The van der Waals surface area contributed by atoms with Crippen LogP contribution in [0.2, 0.25) is 0 Å². The van der Waals surface area contributed by atoms with E-state index in [2.05, 4.69) is 48.1 Å². The minimum absolute atomic E-state index is 0.250. The van der Waals surface area contributed by atoms with E-state index in [1.165, 1.54) is 0 Å². The molecular weight excluding hydrogens is 175 g/mol. The Morgan fingerprint density at radius 1 is 1.07 bits per heavy atom. The number of hydrogen-bond donors (Lipinski definition) is 0. The van der Waals surface area contributed by atoms with Gasteiger partial charge in [0.25, 0.3) is 0 Å². The van der Waals surface area contributed by atoms with E-state index in [1.807, 2.05) is 0 Å². The Bertz CT molecular complexity index is 228. The first-order valence-corrected chi connectivity index (χ1v) is 5.22. The van der Waals surface area contributed by atoms with E-state index in [1.54, 1.807) is 0 Å². The largest absolute Gasteiger partial charge is 0.490 e. The van der Waals surface area contributed by atoms with Crippen LogP contribution in [0, 0.1) is 5.92 Å². The van der Waals surface area contributed by atoms with Crippen molar-refractivity contribution in [2.24, 2.45) is 5.92 Å². The Balaban J connectivity index is 2.78. The van der Waals surface area contributed by atoms with Gasteiger partial charge in [-0.3, -0.25) is 0 Å². The Hall–Kier alpha value is -0.275. The summed E-state index contributed by atoms with van der Waals surface area (Å²) >= 11 is 0. The van der Waals surface area contributed by atoms with E-state index in [-0.39, 0.29) is 18.3 Å². The lowest BCUT2D eigenvalue weighted by Gasteiger charge is -2.32. The fraction of sp³-hybridized carbons (Fsp3) is 0.818. The van der Waals surface area contributed by atoms with Crippen LogP contribution in [0.15, 0.2) is 12.1 Å². The van der Waals surface area contributed by atoms with Crippen molar-refractivity contribution in [3.05, 3.63) is 12.1 Å². The van der Waals surface area contributed by atoms with E-state index >= 15 is 0 Å². The van der Waals surface area contributed by atoms with Gasteiger partial charge in [-0.25, -0.2) is 0 Å². The molecule has 0 unspecified atom stereocenters. The first-order chi connectivity index (χ1) is 6.17. The molecule has 0 aromatic heterocycles. The maximum atomic E-state index is 5.87. The van der Waals surface area contributed by atoms with E-state index in [0.29, 0.717) is 5.92 Å². The highest BCUT2D eigenvalue weighted by atomic mass is 16.7. The average Bonchev–Trinajstić information content (AvgIpc) is 2.20. The molecule has 0 spiro atoms. The third-order valence-corrected chi connectivity index (χ3v) is 3.30. The van der Waals surface area contributed by atoms with Crippen LogP contribution in [0.25, 0.3) is 0 Å². The topological polar surface area (TPSA) is 18.5 Å². The van der Waals surface area contributed by atoms with Gasteiger partial charge >= 0.3 is 7.12 Å². The molecule has 1 fully saturated rings. The van der Waals surface area contributed by atoms with Crippen LogP contribution in [-0.4, -0.2) is 18.3 Å². The van der Waals surface area contributed by atoms with Gasteiger partial charge in [-0.05, 0) is 39.1 Å². The monoisotopic (exact) mass is 196 g/mol. The van der Waals surface area contributed by atoms with Crippen LogP contribution in [-0.2, 0) is 9.31 Å². The van der Waals surface area contributed by atoms with E-state index in [4.69, 9.17) is 9.31 Å². The van der Waals surface area contributed by atoms with Crippen molar-refractivity contribution in [2.45, 2.75) is 52.7 Å². The molecule has 1 aliphatic heterocycles. The summed E-state index contributed by atoms with van der Waals surface area (Å²) in [5.74, 6) is 0.393. The quantitative estimate of drug-likeness (QED) is 0.632. The SMILES string of the molecule is C=C(B1OC(C)(C)C(C)(C)O1)C(C)C. The first kappa shape index (κ1) is 11.8. The summed E-state index contributed by atoms with van der Waals surface area (Å²) in [5.41, 5.74) is 0.508. The maximum Gasteiger partial charge on any atom is 0.490 e. The number of allylic oxidation sites excluding steroid dienone is 1. The normalized spacial score (nSPS) is 24.4. The smallest absolute Gasteiger partial charge is 0.400 e. The average molecular weight is 196 g/mol. The minimum atomic E-state index is -0.254. The second-order valence-corrected chi connectivity index (χ2v) is 5.32. The lowest BCUT2D eigenvalue weighted by atomic mass is 9.73. The minimum Gasteiger partial charge on any atom is -0.400 e. The molecule has 0 atom stereocenters. The van der Waals surface area contributed by atoms with Gasteiger partial charge in [-0.1, -0.05) is 13.8 Å². The Morgan fingerprint density at radius 3 is 1.71 bits per heavy atom. The van der Waals surface area contributed by atoms with Crippen LogP contribution in [0.1, 0.15) is 41.5 Å². The molecule has 0 amide bonds. The molecule has 0 bridgehead atoms. The fourth-order valence-corrected chi connectivity index (χ4v) is 1.27. The van der Waals surface area contributed by atoms with Crippen molar-refractivity contribution >= 4 is 7.12 Å². The summed E-state index contributed by atoms with van der Waals surface area (Å²) in [5, 5.41) is 0. The predicted octanol–water partition coefficient (Wildman–Crippen LogP) is 2.83. The molecule has 14 heavy (non-hydrogen) atoms. The van der Waals surface area contributed by atoms with Crippen molar-refractivity contribution < 1.29 is 9.31 Å². The van der Waals surface area contributed by atoms with Crippen LogP contribution in [0.4, 0.5) is 0 Å². The maximum absolute atomic E-state index is 5.87. The zero-order valence-electron chi connectivity index (χ0n) is 10.2. The zero-order chi connectivity index (χ0) is 11.1. The molecule has 0 radical (unpaired) electrons. The molecule has 0 aromatic rings. The van der Waals surface area contributed by atoms with Crippen molar-refractivity contribution in [3.8, 4) is 0 Å². The Morgan fingerprint density at radius 2 is 1.43 bits per heavy atom. The van der Waals surface area contributed by atoms with E-state index in [9.17, 15) is 0 Å². The Labute approximate surface area is 87.8 Å². The molecule has 1 saturated heterocycles. The molecule has 1 rings (SSSR count). The summed E-state index contributed by atoms with van der Waals surface area (Å²) in [6, 6.07) is 0. The van der Waals surface area contributed by atoms with Gasteiger partial charge in [0.05, 0.1) is 11.2 Å². The summed E-state index contributed by atoms with van der Waals surface area (Å²) < 4.78 is 11.7. The van der Waals surface area contributed by atoms with Gasteiger partial charge in [0, 0.05) is 0 Å². The second kappa shape index (κ2) is 3.39. The van der Waals surface area contributed by atoms with Crippen LogP contribution in [0.5, 0.6) is 0 Å². The van der Waals surface area contributed by atoms with E-state index < -0.39 is 0 Å². The number of hydrogen-bond acceptors (Lipinski definition) is 2. The second-order valence-electron chi connectivity index (χ2n) is 5.32. The van der Waals surface area contributed by atoms with Crippen molar-refractivity contribution in [3.63, 3.8) is 0 Å². The molecule has 0 N–H and O–H groups in total. The molecule has 1 heterocycles. The highest BCUT2D eigenvalue weighted by molar-refractivity contribution is 6.54. The fourth-order valence-electron chi connectivity index (χ4n) is 1.27. The first-order valence-electron chi connectivity index (χ1n) is 5.22. The summed E-state index contributed by atoms with van der Waals surface area (Å²) in [7, 11) is -0.250. The molecule has 0 saturated carbocycles. The van der Waals surface area contributed by atoms with Gasteiger partial charge in [-0.2, -0.15) is 0 Å². The van der Waals surface area contributed by atoms with Gasteiger partial charge in [0.1, 0.15) is 0 Å². The van der Waals surface area contributed by atoms with Crippen molar-refractivity contribution in [1.82, 2.24) is 0 Å². The predicted molar refractivity (Wildman–Crippen MR) is 60.1 cm³/mol. The summed E-state index contributed by atoms with van der Waals surface area (Å²) in [6.45, 7) is 16.5. The number of rotatable bonds is 2. The van der Waals surface area contributed by atoms with Crippen LogP contribution >= 0.6 is 0 Å². The molecule has 0 aromatic carbocycles. The molecule has 0 aliphatic carbocycles. The molecule has 2 nitrogen and oxygen atoms in total. The molecule has 80 valence electrons. The summed E-state index contributed by atoms with van der Waals surface area (Å²) in [6.07, 6.45) is 0. The molecule has 1 aliphatic rings. The van der Waals surface area contributed by atoms with Crippen LogP contribution < -0.4 is 0 Å². The van der Waals surface area contributed by atoms with Crippen molar-refractivity contribution in [1.29, 1.82) is 0 Å². The van der Waals surface area contributed by atoms with Gasteiger partial charge in [-0.15, -0.1) is 6.58 Å². The standard InChI is InChI=1S/C11H21BO2/c1-8(2)9(3)12-13-10(4,5)11(6,7)14-12/h8H,3H2,1-2,4-7H3. The molecular formula is C11H21BO2. The van der Waals surface area contributed by atoms with E-state index in [0.717, 1.165) is 5.47 Å².